The highest BCUT2D eigenvalue weighted by atomic mass is 35.5. The van der Waals surface area contributed by atoms with Crippen molar-refractivity contribution in [3.8, 4) is 17.6 Å². The summed E-state index contributed by atoms with van der Waals surface area (Å²) in [5.74, 6) is 1.22. The van der Waals surface area contributed by atoms with Gasteiger partial charge in [0.15, 0.2) is 11.5 Å². The Morgan fingerprint density at radius 3 is 2.75 bits per heavy atom. The molecule has 0 bridgehead atoms. The Bertz CT molecular complexity index is 1420. The minimum Gasteiger partial charge on any atom is -0.493 e. The molecule has 0 spiro atoms. The predicted octanol–water partition coefficient (Wildman–Crippen LogP) is 5.27. The van der Waals surface area contributed by atoms with E-state index >= 15 is 0 Å². The molecule has 0 aliphatic carbocycles. The Morgan fingerprint density at radius 1 is 1.14 bits per heavy atom. The van der Waals surface area contributed by atoms with E-state index in [-0.39, 0.29) is 0 Å². The quantitative estimate of drug-likeness (QED) is 0.324. The number of hydrogen-bond acceptors (Lipinski definition) is 8. The fourth-order valence-corrected chi connectivity index (χ4v) is 4.72. The summed E-state index contributed by atoms with van der Waals surface area (Å²) < 4.78 is 17.3. The van der Waals surface area contributed by atoms with Crippen molar-refractivity contribution in [1.82, 2.24) is 14.8 Å². The Kier molecular flexibility index (Phi) is 7.14. The summed E-state index contributed by atoms with van der Waals surface area (Å²) in [7, 11) is 3.77. The van der Waals surface area contributed by atoms with E-state index in [1.807, 2.05) is 24.3 Å². The fourth-order valence-electron chi connectivity index (χ4n) is 4.51. The molecule has 1 fully saturated rings. The van der Waals surface area contributed by atoms with Gasteiger partial charge in [0.25, 0.3) is 0 Å². The topological polar surface area (TPSA) is 86.8 Å². The fraction of sp³-hybridized carbons (Fsp3) is 0.333. The van der Waals surface area contributed by atoms with E-state index in [1.54, 1.807) is 25.6 Å². The Morgan fingerprint density at radius 2 is 1.97 bits per heavy atom. The number of fused-ring (bicyclic) bond motifs is 2. The van der Waals surface area contributed by atoms with Crippen molar-refractivity contribution < 1.29 is 13.9 Å². The van der Waals surface area contributed by atoms with Crippen molar-refractivity contribution in [3.63, 3.8) is 0 Å². The number of nitriles is 1. The molecule has 3 heterocycles. The lowest BCUT2D eigenvalue weighted by Gasteiger charge is -2.32. The largest absolute Gasteiger partial charge is 0.493 e. The number of nitrogens with zero attached hydrogens (tertiary/aromatic N) is 4. The molecular weight excluding hydrogens is 478 g/mol. The summed E-state index contributed by atoms with van der Waals surface area (Å²) in [6.45, 7) is 5.98. The Balaban J connectivity index is 1.40. The standard InChI is InChI=1S/C27H28ClN5O3/c1-32-6-8-33(9-7-32)5-3-10-35-26-15-22-21(14-25(26)34-2)27(18(16-29)17-30-22)31-23-12-19(28)13-24-20(23)4-11-36-24/h4,11-15,17H,3,5-10H2,1-2H3,(H,30,31). The maximum atomic E-state index is 9.79. The molecule has 1 N–H and O–H groups in total. The van der Waals surface area contributed by atoms with E-state index in [2.05, 4.69) is 33.2 Å². The Hall–Kier alpha value is -3.51. The number of halogens is 1. The zero-order valence-corrected chi connectivity index (χ0v) is 21.1. The second-order valence-electron chi connectivity index (χ2n) is 8.94. The summed E-state index contributed by atoms with van der Waals surface area (Å²) in [6, 6.07) is 11.4. The third-order valence-electron chi connectivity index (χ3n) is 6.54. The van der Waals surface area contributed by atoms with Gasteiger partial charge in [-0.3, -0.25) is 4.98 Å². The van der Waals surface area contributed by atoms with Gasteiger partial charge >= 0.3 is 0 Å². The van der Waals surface area contributed by atoms with E-state index in [9.17, 15) is 5.26 Å². The van der Waals surface area contributed by atoms with Gasteiger partial charge in [-0.25, -0.2) is 0 Å². The maximum absolute atomic E-state index is 9.79. The molecule has 4 aromatic rings. The van der Waals surface area contributed by atoms with Crippen molar-refractivity contribution in [1.29, 1.82) is 5.26 Å². The van der Waals surface area contributed by atoms with Crippen LogP contribution in [0.1, 0.15) is 12.0 Å². The van der Waals surface area contributed by atoms with E-state index in [4.69, 9.17) is 25.5 Å². The number of rotatable bonds is 8. The lowest BCUT2D eigenvalue weighted by molar-refractivity contribution is 0.145. The van der Waals surface area contributed by atoms with Crippen LogP contribution in [0.3, 0.4) is 0 Å². The number of ether oxygens (including phenoxy) is 2. The van der Waals surface area contributed by atoms with Gasteiger partial charge in [0.05, 0.1) is 42.4 Å². The molecule has 0 saturated carbocycles. The molecule has 0 radical (unpaired) electrons. The third-order valence-corrected chi connectivity index (χ3v) is 6.76. The summed E-state index contributed by atoms with van der Waals surface area (Å²) in [6.07, 6.45) is 4.10. The van der Waals surface area contributed by atoms with Crippen molar-refractivity contribution in [2.24, 2.45) is 0 Å². The first-order valence-electron chi connectivity index (χ1n) is 11.9. The molecule has 8 nitrogen and oxygen atoms in total. The number of likely N-dealkylation sites (N-methyl/N-ethyl adjacent to an activating group) is 1. The molecule has 2 aromatic heterocycles. The number of nitrogens with one attached hydrogen (secondary N) is 1. The number of furan rings is 1. The van der Waals surface area contributed by atoms with E-state index < -0.39 is 0 Å². The van der Waals surface area contributed by atoms with Crippen LogP contribution >= 0.6 is 11.6 Å². The number of hydrogen-bond donors (Lipinski definition) is 1. The van der Waals surface area contributed by atoms with Crippen molar-refractivity contribution in [2.45, 2.75) is 6.42 Å². The highest BCUT2D eigenvalue weighted by molar-refractivity contribution is 6.31. The van der Waals surface area contributed by atoms with Gasteiger partial charge in [-0.1, -0.05) is 11.6 Å². The predicted molar refractivity (Wildman–Crippen MR) is 142 cm³/mol. The lowest BCUT2D eigenvalue weighted by Crippen LogP contribution is -2.44. The monoisotopic (exact) mass is 505 g/mol. The second-order valence-corrected chi connectivity index (χ2v) is 9.37. The second kappa shape index (κ2) is 10.6. The first-order valence-corrected chi connectivity index (χ1v) is 12.3. The van der Waals surface area contributed by atoms with Gasteiger partial charge in [-0.05, 0) is 31.7 Å². The summed E-state index contributed by atoms with van der Waals surface area (Å²) >= 11 is 6.30. The number of pyridine rings is 1. The van der Waals surface area contributed by atoms with Crippen LogP contribution in [-0.4, -0.2) is 68.3 Å². The molecule has 1 aliphatic rings. The summed E-state index contributed by atoms with van der Waals surface area (Å²) in [5.41, 5.74) is 3.11. The van der Waals surface area contributed by atoms with Crippen LogP contribution in [0.5, 0.6) is 11.5 Å². The van der Waals surface area contributed by atoms with Crippen molar-refractivity contribution in [3.05, 3.63) is 53.4 Å². The lowest BCUT2D eigenvalue weighted by atomic mass is 10.1. The molecule has 0 amide bonds. The molecule has 1 aliphatic heterocycles. The van der Waals surface area contributed by atoms with Crippen molar-refractivity contribution in [2.75, 3.05) is 58.8 Å². The summed E-state index contributed by atoms with van der Waals surface area (Å²) in [4.78, 5) is 9.33. The van der Waals surface area contributed by atoms with Gasteiger partial charge in [0, 0.05) is 66.8 Å². The normalized spacial score (nSPS) is 14.7. The molecule has 2 aromatic carbocycles. The van der Waals surface area contributed by atoms with Gasteiger partial charge in [0.2, 0.25) is 0 Å². The maximum Gasteiger partial charge on any atom is 0.163 e. The van der Waals surface area contributed by atoms with Crippen LogP contribution in [0.25, 0.3) is 21.9 Å². The smallest absolute Gasteiger partial charge is 0.163 e. The summed E-state index contributed by atoms with van der Waals surface area (Å²) in [5, 5.41) is 15.3. The third kappa shape index (κ3) is 5.05. The first kappa shape index (κ1) is 24.2. The number of piperazine rings is 1. The molecule has 9 heteroatoms. The van der Waals surface area contributed by atoms with Crippen LogP contribution < -0.4 is 14.8 Å². The van der Waals surface area contributed by atoms with Crippen LogP contribution in [0.15, 0.2) is 47.2 Å². The highest BCUT2D eigenvalue weighted by Gasteiger charge is 2.17. The molecule has 1 saturated heterocycles. The molecule has 0 atom stereocenters. The van der Waals surface area contributed by atoms with E-state index in [1.165, 1.54) is 0 Å². The zero-order chi connectivity index (χ0) is 25.1. The number of aromatic nitrogens is 1. The SMILES string of the molecule is COc1cc2c(Nc3cc(Cl)cc4occc34)c(C#N)cnc2cc1OCCCN1CCN(C)CC1. The number of benzene rings is 2. The molecular formula is C27H28ClN5O3. The molecule has 36 heavy (non-hydrogen) atoms. The molecule has 5 rings (SSSR count). The molecule has 186 valence electrons. The van der Waals surface area contributed by atoms with Gasteiger partial charge in [-0.2, -0.15) is 5.26 Å². The average Bonchev–Trinajstić information content (AvgIpc) is 3.36. The van der Waals surface area contributed by atoms with Crippen LogP contribution in [-0.2, 0) is 0 Å². The van der Waals surface area contributed by atoms with Crippen LogP contribution in [0.2, 0.25) is 5.02 Å². The van der Waals surface area contributed by atoms with Gasteiger partial charge < -0.3 is 29.0 Å². The number of anilines is 2. The van der Waals surface area contributed by atoms with Crippen LogP contribution in [0.4, 0.5) is 11.4 Å². The minimum atomic E-state index is 0.405. The molecule has 0 unspecified atom stereocenters. The Labute approximate surface area is 215 Å². The van der Waals surface area contributed by atoms with E-state index in [0.29, 0.717) is 45.5 Å². The first-order chi connectivity index (χ1) is 17.6. The van der Waals surface area contributed by atoms with Gasteiger partial charge in [-0.15, -0.1) is 0 Å². The van der Waals surface area contributed by atoms with Crippen LogP contribution in [0, 0.1) is 11.3 Å². The van der Waals surface area contributed by atoms with Crippen molar-refractivity contribution >= 4 is 44.8 Å². The van der Waals surface area contributed by atoms with Gasteiger partial charge in [0.1, 0.15) is 11.7 Å². The van der Waals surface area contributed by atoms with E-state index in [0.717, 1.165) is 55.6 Å². The zero-order valence-electron chi connectivity index (χ0n) is 20.4. The minimum absolute atomic E-state index is 0.405. The average molecular weight is 506 g/mol. The number of methoxy groups -OCH3 is 1. The highest BCUT2D eigenvalue weighted by Crippen LogP contribution is 2.39.